The van der Waals surface area contributed by atoms with Crippen LogP contribution in [0.15, 0.2) is 85.2 Å². The number of rotatable bonds is 10. The van der Waals surface area contributed by atoms with Crippen molar-refractivity contribution in [3.63, 3.8) is 0 Å². The van der Waals surface area contributed by atoms with Gasteiger partial charge in [-0.25, -0.2) is 19.7 Å². The number of H-pyrrole nitrogens is 1. The van der Waals surface area contributed by atoms with Gasteiger partial charge in [0.1, 0.15) is 11.5 Å². The number of likely N-dealkylation sites (N-methyl/N-ethyl adjacent to an activating group) is 1. The Hall–Kier alpha value is -5.21. The van der Waals surface area contributed by atoms with Gasteiger partial charge in [-0.15, -0.1) is 0 Å². The lowest BCUT2D eigenvalue weighted by molar-refractivity contribution is -0.192. The maximum atomic E-state index is 10.6. The average molecular weight is 674 g/mol. The van der Waals surface area contributed by atoms with Crippen molar-refractivity contribution < 1.29 is 23.1 Å². The number of hydrogen-bond donors (Lipinski definition) is 3. The molecular weight excluding hydrogens is 635 g/mol. The second-order valence-electron chi connectivity index (χ2n) is 11.9. The van der Waals surface area contributed by atoms with E-state index in [9.17, 15) is 13.2 Å². The van der Waals surface area contributed by atoms with Crippen molar-refractivity contribution in [2.24, 2.45) is 0 Å². The van der Waals surface area contributed by atoms with Gasteiger partial charge >= 0.3 is 12.1 Å². The molecule has 14 heteroatoms. The zero-order chi connectivity index (χ0) is 34.8. The van der Waals surface area contributed by atoms with Gasteiger partial charge in [-0.2, -0.15) is 18.3 Å². The fourth-order valence-electron chi connectivity index (χ4n) is 5.36. The van der Waals surface area contributed by atoms with Gasteiger partial charge in [-0.1, -0.05) is 60.7 Å². The van der Waals surface area contributed by atoms with Gasteiger partial charge in [0.05, 0.1) is 5.69 Å². The van der Waals surface area contributed by atoms with E-state index in [2.05, 4.69) is 97.9 Å². The second-order valence-corrected chi connectivity index (χ2v) is 11.9. The van der Waals surface area contributed by atoms with Gasteiger partial charge < -0.3 is 15.3 Å². The van der Waals surface area contributed by atoms with E-state index in [1.54, 1.807) is 6.20 Å². The van der Waals surface area contributed by atoms with Crippen molar-refractivity contribution in [1.29, 1.82) is 0 Å². The van der Waals surface area contributed by atoms with Crippen LogP contribution in [0.5, 0.6) is 0 Å². The molecule has 0 atom stereocenters. The van der Waals surface area contributed by atoms with E-state index in [4.69, 9.17) is 19.9 Å². The van der Waals surface area contributed by atoms with Crippen LogP contribution in [0.3, 0.4) is 0 Å². The van der Waals surface area contributed by atoms with Crippen molar-refractivity contribution in [2.45, 2.75) is 31.5 Å². The molecule has 0 spiro atoms. The maximum absolute atomic E-state index is 10.6. The Kier molecular flexibility index (Phi) is 11.7. The highest BCUT2D eigenvalue weighted by Gasteiger charge is 2.38. The summed E-state index contributed by atoms with van der Waals surface area (Å²) in [6.07, 6.45) is 0.732. The van der Waals surface area contributed by atoms with Gasteiger partial charge in [0.25, 0.3) is 0 Å². The largest absolute Gasteiger partial charge is 0.490 e. The number of carbonyl (C=O) groups is 1. The summed E-state index contributed by atoms with van der Waals surface area (Å²) < 4.78 is 31.7. The van der Waals surface area contributed by atoms with E-state index in [1.165, 1.54) is 5.56 Å². The van der Waals surface area contributed by atoms with Crippen molar-refractivity contribution in [1.82, 2.24) is 39.9 Å². The van der Waals surface area contributed by atoms with Crippen LogP contribution in [0.2, 0.25) is 0 Å². The lowest BCUT2D eigenvalue weighted by atomic mass is 9.95. The highest BCUT2D eigenvalue weighted by atomic mass is 19.4. The molecule has 1 fully saturated rings. The number of likely N-dealkylation sites (tertiary alicyclic amines) is 1. The highest BCUT2D eigenvalue weighted by Crippen LogP contribution is 2.32. The molecule has 0 saturated carbocycles. The Balaban J connectivity index is 0.000000606. The molecule has 0 unspecified atom stereocenters. The predicted octanol–water partition coefficient (Wildman–Crippen LogP) is 5.98. The fraction of sp³-hybridized carbons (Fsp3) is 0.314. The van der Waals surface area contributed by atoms with Gasteiger partial charge in [0, 0.05) is 49.1 Å². The number of benzene rings is 2. The summed E-state index contributed by atoms with van der Waals surface area (Å²) in [5.41, 5.74) is 6.27. The molecule has 4 heterocycles. The van der Waals surface area contributed by atoms with E-state index in [0.717, 1.165) is 79.5 Å². The van der Waals surface area contributed by atoms with E-state index in [0.29, 0.717) is 17.7 Å². The summed E-state index contributed by atoms with van der Waals surface area (Å²) in [5, 5.41) is 18.1. The first-order valence-electron chi connectivity index (χ1n) is 15.8. The summed E-state index contributed by atoms with van der Waals surface area (Å²) in [6.45, 7) is 4.68. The quantitative estimate of drug-likeness (QED) is 0.163. The minimum atomic E-state index is -5.08. The number of nitrogens with one attached hydrogen (secondary N) is 2. The summed E-state index contributed by atoms with van der Waals surface area (Å²) in [5.74, 6) is -0.0776. The maximum Gasteiger partial charge on any atom is 0.490 e. The van der Waals surface area contributed by atoms with Gasteiger partial charge in [-0.05, 0) is 63.3 Å². The summed E-state index contributed by atoms with van der Waals surface area (Å²) in [6, 6.07) is 25.0. The van der Waals surface area contributed by atoms with Crippen molar-refractivity contribution in [3.05, 3.63) is 96.6 Å². The smallest absolute Gasteiger partial charge is 0.475 e. The number of alkyl halides is 3. The molecule has 256 valence electrons. The highest BCUT2D eigenvalue weighted by molar-refractivity contribution is 5.80. The molecular formula is C35H38F3N9O2. The number of hydrogen-bond acceptors (Lipinski definition) is 9. The second kappa shape index (κ2) is 16.3. The molecule has 2 aromatic carbocycles. The molecule has 1 aliphatic heterocycles. The standard InChI is InChI=1S/C33H37N9.C2HF3O2/c1-41(2)21-18-35-33-36-22-28(25-8-4-3-5-9-25)30(37-33)26-13-11-24(12-14-26)23-42-19-15-27(16-20-42)31-38-32(40-39-31)29-10-6-7-17-34-29;3-2(4,5)1(6)7/h3-14,17,22,27H,15-16,18-21,23H2,1-2H3,(H,35,36,37)(H,38,39,40);(H,6,7). The number of nitrogens with zero attached hydrogens (tertiary/aromatic N) is 7. The van der Waals surface area contributed by atoms with Crippen LogP contribution in [-0.4, -0.2) is 97.5 Å². The Bertz CT molecular complexity index is 1780. The number of anilines is 1. The molecule has 0 radical (unpaired) electrons. The lowest BCUT2D eigenvalue weighted by Crippen LogP contribution is -2.32. The summed E-state index contributed by atoms with van der Waals surface area (Å²) >= 11 is 0. The number of aliphatic carboxylic acids is 1. The molecule has 0 aliphatic carbocycles. The van der Waals surface area contributed by atoms with Crippen LogP contribution in [-0.2, 0) is 11.3 Å². The third-order valence-electron chi connectivity index (χ3n) is 7.96. The average Bonchev–Trinajstić information content (AvgIpc) is 3.60. The summed E-state index contributed by atoms with van der Waals surface area (Å²) in [7, 11) is 4.12. The number of carboxylic acid groups (broad SMARTS) is 1. The van der Waals surface area contributed by atoms with Crippen LogP contribution < -0.4 is 5.32 Å². The van der Waals surface area contributed by atoms with Gasteiger partial charge in [0.2, 0.25) is 5.95 Å². The Morgan fingerprint density at radius 2 is 1.65 bits per heavy atom. The van der Waals surface area contributed by atoms with Crippen LogP contribution >= 0.6 is 0 Å². The molecule has 0 amide bonds. The molecule has 1 aliphatic rings. The Morgan fingerprint density at radius 3 is 2.29 bits per heavy atom. The molecule has 3 N–H and O–H groups in total. The SMILES string of the molecule is CN(C)CCNc1ncc(-c2ccccc2)c(-c2ccc(CN3CCC(c4nc(-c5ccccn5)n[nH]4)CC3)cc2)n1.O=C(O)C(F)(F)F. The first-order valence-corrected chi connectivity index (χ1v) is 15.8. The lowest BCUT2D eigenvalue weighted by Gasteiger charge is -2.31. The molecule has 49 heavy (non-hydrogen) atoms. The number of carboxylic acids is 1. The number of aromatic amines is 1. The molecule has 11 nitrogen and oxygen atoms in total. The van der Waals surface area contributed by atoms with E-state index in [-0.39, 0.29) is 0 Å². The van der Waals surface area contributed by atoms with Crippen molar-refractivity contribution in [3.8, 4) is 33.9 Å². The predicted molar refractivity (Wildman–Crippen MR) is 181 cm³/mol. The van der Waals surface area contributed by atoms with Crippen LogP contribution in [0.4, 0.5) is 19.1 Å². The monoisotopic (exact) mass is 673 g/mol. The van der Waals surface area contributed by atoms with Crippen LogP contribution in [0.25, 0.3) is 33.9 Å². The number of halogens is 3. The zero-order valence-electron chi connectivity index (χ0n) is 27.2. The van der Waals surface area contributed by atoms with E-state index < -0.39 is 12.1 Å². The fourth-order valence-corrected chi connectivity index (χ4v) is 5.36. The summed E-state index contributed by atoms with van der Waals surface area (Å²) in [4.78, 5) is 32.2. The first-order chi connectivity index (χ1) is 23.6. The van der Waals surface area contributed by atoms with Crippen molar-refractivity contribution >= 4 is 11.9 Å². The third kappa shape index (κ3) is 9.90. The van der Waals surface area contributed by atoms with Crippen LogP contribution in [0.1, 0.15) is 30.1 Å². The minimum absolute atomic E-state index is 0.392. The molecule has 6 rings (SSSR count). The van der Waals surface area contributed by atoms with E-state index in [1.807, 2.05) is 30.5 Å². The Labute approximate surface area is 282 Å². The first kappa shape index (κ1) is 35.1. The third-order valence-corrected chi connectivity index (χ3v) is 7.96. The minimum Gasteiger partial charge on any atom is -0.475 e. The zero-order valence-corrected chi connectivity index (χ0v) is 27.2. The number of piperidine rings is 1. The number of aromatic nitrogens is 6. The van der Waals surface area contributed by atoms with Gasteiger partial charge in [0.15, 0.2) is 5.82 Å². The number of pyridine rings is 1. The topological polar surface area (TPSA) is 136 Å². The normalized spacial score (nSPS) is 13.9. The molecule has 1 saturated heterocycles. The molecule has 0 bridgehead atoms. The van der Waals surface area contributed by atoms with E-state index >= 15 is 0 Å². The van der Waals surface area contributed by atoms with Crippen molar-refractivity contribution in [2.75, 3.05) is 45.6 Å². The molecule has 5 aromatic rings. The Morgan fingerprint density at radius 1 is 0.959 bits per heavy atom. The molecule has 3 aromatic heterocycles. The van der Waals surface area contributed by atoms with Crippen LogP contribution in [0, 0.1) is 0 Å². The van der Waals surface area contributed by atoms with Gasteiger partial charge in [-0.3, -0.25) is 15.0 Å².